The molecule has 3 aromatic rings. The van der Waals surface area contributed by atoms with Crippen molar-refractivity contribution in [2.45, 2.75) is 19.4 Å². The molecule has 3 heterocycles. The third kappa shape index (κ3) is 3.17. The largest absolute Gasteiger partial charge is 0.477 e. The average Bonchev–Trinajstić information content (AvgIpc) is 3.15. The van der Waals surface area contributed by atoms with Gasteiger partial charge in [-0.2, -0.15) is 0 Å². The fourth-order valence-electron chi connectivity index (χ4n) is 2.20. The second-order valence-corrected chi connectivity index (χ2v) is 6.11. The topological polar surface area (TPSA) is 109 Å². The van der Waals surface area contributed by atoms with Crippen LogP contribution in [0.3, 0.4) is 0 Å². The number of pyridine rings is 1. The normalized spacial score (nSPS) is 12.3. The smallest absolute Gasteiger partial charge is 0.347 e. The minimum atomic E-state index is -1.05. The fraction of sp³-hybridized carbons (Fsp3) is 0.200. The van der Waals surface area contributed by atoms with E-state index in [0.717, 1.165) is 17.5 Å². The first-order valence-corrected chi connectivity index (χ1v) is 7.71. The van der Waals surface area contributed by atoms with E-state index in [2.05, 4.69) is 15.1 Å². The quantitative estimate of drug-likeness (QED) is 0.728. The summed E-state index contributed by atoms with van der Waals surface area (Å²) in [6, 6.07) is 2.66. The van der Waals surface area contributed by atoms with Gasteiger partial charge in [0.05, 0.1) is 34.3 Å². The summed E-state index contributed by atoms with van der Waals surface area (Å²) in [6.45, 7) is 1.60. The van der Waals surface area contributed by atoms with Gasteiger partial charge in [0.2, 0.25) is 0 Å². The van der Waals surface area contributed by atoms with E-state index in [1.165, 1.54) is 18.4 Å². The standard InChI is InChI=1S/C15H12FN3O4S/c1-7-14(15(21)22)24-12(18-7)4-11(20)9-6-23-19-13(9)10-3-2-8(16)5-17-10/h2-3,5-6,11,20H,4H2,1H3,(H,21,22). The number of carbonyl (C=O) groups is 1. The van der Waals surface area contributed by atoms with Gasteiger partial charge in [-0.05, 0) is 19.1 Å². The average molecular weight is 349 g/mol. The maximum atomic E-state index is 13.0. The molecular weight excluding hydrogens is 337 g/mol. The van der Waals surface area contributed by atoms with E-state index >= 15 is 0 Å². The third-order valence-electron chi connectivity index (χ3n) is 3.33. The number of carboxylic acids is 1. The van der Waals surface area contributed by atoms with Crippen molar-refractivity contribution >= 4 is 17.3 Å². The van der Waals surface area contributed by atoms with Crippen LogP contribution in [0.4, 0.5) is 4.39 Å². The van der Waals surface area contributed by atoms with Crippen LogP contribution in [-0.4, -0.2) is 31.3 Å². The second kappa shape index (κ2) is 6.46. The summed E-state index contributed by atoms with van der Waals surface area (Å²) < 4.78 is 17.9. The summed E-state index contributed by atoms with van der Waals surface area (Å²) in [5, 5.41) is 23.8. The highest BCUT2D eigenvalue weighted by atomic mass is 32.1. The molecule has 2 N–H and O–H groups in total. The Morgan fingerprint density at radius 3 is 2.88 bits per heavy atom. The molecule has 0 radical (unpaired) electrons. The molecular formula is C15H12FN3O4S. The van der Waals surface area contributed by atoms with Crippen LogP contribution in [0, 0.1) is 12.7 Å². The first-order valence-electron chi connectivity index (χ1n) is 6.89. The molecule has 0 amide bonds. The van der Waals surface area contributed by atoms with Crippen molar-refractivity contribution in [3.8, 4) is 11.4 Å². The molecule has 3 rings (SSSR count). The van der Waals surface area contributed by atoms with E-state index in [1.807, 2.05) is 0 Å². The molecule has 0 bridgehead atoms. The zero-order valence-corrected chi connectivity index (χ0v) is 13.2. The first-order chi connectivity index (χ1) is 11.5. The van der Waals surface area contributed by atoms with Crippen molar-refractivity contribution in [2.75, 3.05) is 0 Å². The predicted molar refractivity (Wildman–Crippen MR) is 82.2 cm³/mol. The number of hydrogen-bond donors (Lipinski definition) is 2. The molecule has 0 saturated carbocycles. The van der Waals surface area contributed by atoms with Crippen molar-refractivity contribution in [2.24, 2.45) is 0 Å². The number of hydrogen-bond acceptors (Lipinski definition) is 7. The van der Waals surface area contributed by atoms with Crippen LogP contribution in [0.15, 0.2) is 29.1 Å². The molecule has 0 aliphatic carbocycles. The number of halogens is 1. The molecule has 0 spiro atoms. The second-order valence-electron chi connectivity index (χ2n) is 5.03. The number of aromatic carboxylic acids is 1. The Labute approximate surface area is 139 Å². The van der Waals surface area contributed by atoms with E-state index in [0.29, 0.717) is 27.7 Å². The minimum Gasteiger partial charge on any atom is -0.477 e. The van der Waals surface area contributed by atoms with Gasteiger partial charge in [0.15, 0.2) is 0 Å². The number of aliphatic hydroxyl groups is 1. The van der Waals surface area contributed by atoms with Gasteiger partial charge in [-0.25, -0.2) is 14.2 Å². The highest BCUT2D eigenvalue weighted by Gasteiger charge is 2.22. The summed E-state index contributed by atoms with van der Waals surface area (Å²) >= 11 is 1.01. The summed E-state index contributed by atoms with van der Waals surface area (Å²) in [5.41, 5.74) is 1.44. The molecule has 9 heteroatoms. The van der Waals surface area contributed by atoms with E-state index < -0.39 is 17.9 Å². The van der Waals surface area contributed by atoms with Gasteiger partial charge in [-0.1, -0.05) is 5.16 Å². The van der Waals surface area contributed by atoms with Gasteiger partial charge in [0.25, 0.3) is 0 Å². The van der Waals surface area contributed by atoms with E-state index in [1.54, 1.807) is 6.92 Å². The molecule has 1 atom stereocenters. The lowest BCUT2D eigenvalue weighted by Gasteiger charge is -2.07. The predicted octanol–water partition coefficient (Wildman–Crippen LogP) is 2.61. The lowest BCUT2D eigenvalue weighted by atomic mass is 10.1. The molecule has 0 aliphatic rings. The Morgan fingerprint density at radius 1 is 1.46 bits per heavy atom. The number of nitrogens with zero attached hydrogens (tertiary/aromatic N) is 3. The van der Waals surface area contributed by atoms with Gasteiger partial charge in [-0.3, -0.25) is 4.98 Å². The summed E-state index contributed by atoms with van der Waals surface area (Å²) in [7, 11) is 0. The lowest BCUT2D eigenvalue weighted by molar-refractivity contribution is 0.0701. The van der Waals surface area contributed by atoms with E-state index in [4.69, 9.17) is 9.63 Å². The Hall–Kier alpha value is -2.65. The molecule has 0 fully saturated rings. The maximum absolute atomic E-state index is 13.0. The number of aromatic nitrogens is 3. The minimum absolute atomic E-state index is 0.105. The van der Waals surface area contributed by atoms with E-state index in [9.17, 15) is 14.3 Å². The van der Waals surface area contributed by atoms with Crippen LogP contribution in [0.5, 0.6) is 0 Å². The Morgan fingerprint density at radius 2 is 2.25 bits per heavy atom. The molecule has 3 aromatic heterocycles. The van der Waals surface area contributed by atoms with Gasteiger partial charge in [-0.15, -0.1) is 11.3 Å². The van der Waals surface area contributed by atoms with Gasteiger partial charge in [0.1, 0.15) is 22.7 Å². The lowest BCUT2D eigenvalue weighted by Crippen LogP contribution is -2.03. The first kappa shape index (κ1) is 16.2. The van der Waals surface area contributed by atoms with Crippen LogP contribution in [-0.2, 0) is 6.42 Å². The summed E-state index contributed by atoms with van der Waals surface area (Å²) in [6.07, 6.45) is 1.42. The Kier molecular flexibility index (Phi) is 4.36. The number of carboxylic acid groups (broad SMARTS) is 1. The monoisotopic (exact) mass is 349 g/mol. The van der Waals surface area contributed by atoms with Crippen LogP contribution in [0.1, 0.15) is 32.0 Å². The van der Waals surface area contributed by atoms with Crippen molar-refractivity contribution in [3.63, 3.8) is 0 Å². The van der Waals surface area contributed by atoms with Crippen molar-refractivity contribution < 1.29 is 23.9 Å². The van der Waals surface area contributed by atoms with E-state index in [-0.39, 0.29) is 11.3 Å². The van der Waals surface area contributed by atoms with Crippen LogP contribution < -0.4 is 0 Å². The fourth-order valence-corrected chi connectivity index (χ4v) is 3.14. The van der Waals surface area contributed by atoms with Crippen molar-refractivity contribution in [1.82, 2.24) is 15.1 Å². The highest BCUT2D eigenvalue weighted by Crippen LogP contribution is 2.29. The SMILES string of the molecule is Cc1nc(CC(O)c2conc2-c2ccc(F)cn2)sc1C(=O)O. The number of thiazole rings is 1. The zero-order chi connectivity index (χ0) is 17.3. The number of aryl methyl sites for hydroxylation is 1. The molecule has 7 nitrogen and oxygen atoms in total. The Balaban J connectivity index is 1.85. The molecule has 0 aliphatic heterocycles. The van der Waals surface area contributed by atoms with Crippen LogP contribution in [0.2, 0.25) is 0 Å². The van der Waals surface area contributed by atoms with Crippen LogP contribution >= 0.6 is 11.3 Å². The molecule has 0 saturated heterocycles. The molecule has 124 valence electrons. The van der Waals surface area contributed by atoms with Gasteiger partial charge in [0, 0.05) is 6.42 Å². The molecule has 1 unspecified atom stereocenters. The highest BCUT2D eigenvalue weighted by molar-refractivity contribution is 7.13. The third-order valence-corrected chi connectivity index (χ3v) is 4.50. The zero-order valence-electron chi connectivity index (χ0n) is 12.4. The summed E-state index contributed by atoms with van der Waals surface area (Å²) in [5.74, 6) is -1.53. The summed E-state index contributed by atoms with van der Waals surface area (Å²) in [4.78, 5) is 19.3. The van der Waals surface area contributed by atoms with Gasteiger partial charge >= 0.3 is 5.97 Å². The van der Waals surface area contributed by atoms with Crippen molar-refractivity contribution in [1.29, 1.82) is 0 Å². The maximum Gasteiger partial charge on any atom is 0.347 e. The van der Waals surface area contributed by atoms with Crippen molar-refractivity contribution in [3.05, 3.63) is 51.6 Å². The number of aliphatic hydroxyl groups excluding tert-OH is 1. The van der Waals surface area contributed by atoms with Gasteiger partial charge < -0.3 is 14.7 Å². The Bertz CT molecular complexity index is 875. The number of rotatable bonds is 5. The molecule has 0 aromatic carbocycles. The molecule has 24 heavy (non-hydrogen) atoms. The van der Waals surface area contributed by atoms with Crippen LogP contribution in [0.25, 0.3) is 11.4 Å².